The highest BCUT2D eigenvalue weighted by Crippen LogP contribution is 2.25. The normalized spacial score (nSPS) is 12.4. The van der Waals surface area contributed by atoms with Gasteiger partial charge in [-0.25, -0.2) is 10.3 Å². The molecule has 0 radical (unpaired) electrons. The number of quaternary nitrogens is 1. The Morgan fingerprint density at radius 3 is 2.45 bits per heavy atom. The summed E-state index contributed by atoms with van der Waals surface area (Å²) in [4.78, 5) is 14.0. The number of benzene rings is 1. The molecule has 0 aliphatic carbocycles. The number of aliphatic carboxylic acids is 1. The quantitative estimate of drug-likeness (QED) is 0.578. The molecule has 1 aliphatic rings. The van der Waals surface area contributed by atoms with Crippen molar-refractivity contribution in [2.45, 2.75) is 26.2 Å². The van der Waals surface area contributed by atoms with Crippen LogP contribution in [0, 0.1) is 7.43 Å². The average molecular weight is 348 g/mol. The second kappa shape index (κ2) is 11.3. The third-order valence-electron chi connectivity index (χ3n) is 2.73. The number of nitrogens with zero attached hydrogens (tertiary/aromatic N) is 1. The SMILES string of the molecule is CCCCC(=O)O.Clc1cccc(Cl)c1[NH2+]C1=NCCN1.[CH3-]. The minimum Gasteiger partial charge on any atom is -0.481 e. The number of carbonyl (C=O) groups is 1. The number of nitrogens with two attached hydrogens (primary N) is 1. The van der Waals surface area contributed by atoms with E-state index in [1.54, 1.807) is 0 Å². The molecule has 4 N–H and O–H groups in total. The van der Waals surface area contributed by atoms with Crippen molar-refractivity contribution in [2.24, 2.45) is 4.99 Å². The number of carboxylic acids is 1. The molecule has 124 valence electrons. The molecule has 7 heteroatoms. The maximum absolute atomic E-state index is 9.76. The standard InChI is InChI=1S/C9H9Cl2N3.C5H10O2.CH3/c10-6-2-1-3-7(11)8(6)14-9-12-4-5-13-9;1-2-3-4-5(6)7;/h1-3H,4-5H2,(H2,12,13,14);2-4H2,1H3,(H,6,7);1H3/q;;-1/p+1. The molecule has 0 saturated heterocycles. The van der Waals surface area contributed by atoms with Gasteiger partial charge < -0.3 is 17.8 Å². The summed E-state index contributed by atoms with van der Waals surface area (Å²) in [6, 6.07) is 5.45. The number of rotatable bonds is 4. The van der Waals surface area contributed by atoms with Gasteiger partial charge in [-0.3, -0.25) is 4.79 Å². The van der Waals surface area contributed by atoms with Gasteiger partial charge in [0.2, 0.25) is 0 Å². The van der Waals surface area contributed by atoms with Crippen molar-refractivity contribution in [3.8, 4) is 0 Å². The number of para-hydroxylation sites is 1. The fourth-order valence-electron chi connectivity index (χ4n) is 1.63. The second-order valence-electron chi connectivity index (χ2n) is 4.47. The van der Waals surface area contributed by atoms with E-state index in [1.165, 1.54) is 0 Å². The Morgan fingerprint density at radius 2 is 2.05 bits per heavy atom. The first-order chi connectivity index (χ1) is 10.0. The Kier molecular flexibility index (Phi) is 10.6. The topological polar surface area (TPSA) is 78.3 Å². The Balaban J connectivity index is 0.000000478. The molecule has 1 aromatic carbocycles. The average Bonchev–Trinajstić information content (AvgIpc) is 2.94. The number of guanidine groups is 1. The van der Waals surface area contributed by atoms with E-state index in [1.807, 2.05) is 30.4 Å². The number of nitrogens with one attached hydrogen (secondary N) is 1. The van der Waals surface area contributed by atoms with E-state index >= 15 is 0 Å². The number of unbranched alkanes of at least 4 members (excludes halogenated alkanes) is 1. The van der Waals surface area contributed by atoms with E-state index in [4.69, 9.17) is 28.3 Å². The van der Waals surface area contributed by atoms with Crippen molar-refractivity contribution in [1.29, 1.82) is 0 Å². The minimum absolute atomic E-state index is 0. The fraction of sp³-hybridized carbons (Fsp3) is 0.400. The highest BCUT2D eigenvalue weighted by atomic mass is 35.5. The summed E-state index contributed by atoms with van der Waals surface area (Å²) in [7, 11) is 0. The first-order valence-corrected chi connectivity index (χ1v) is 7.59. The molecule has 5 nitrogen and oxygen atoms in total. The van der Waals surface area contributed by atoms with Crippen LogP contribution < -0.4 is 10.6 Å². The van der Waals surface area contributed by atoms with Crippen LogP contribution in [0.3, 0.4) is 0 Å². The lowest BCUT2D eigenvalue weighted by Gasteiger charge is -2.03. The molecule has 0 atom stereocenters. The molecule has 0 bridgehead atoms. The second-order valence-corrected chi connectivity index (χ2v) is 5.29. The number of hydrogen-bond acceptors (Lipinski definition) is 3. The van der Waals surface area contributed by atoms with Crippen molar-refractivity contribution in [2.75, 3.05) is 13.1 Å². The van der Waals surface area contributed by atoms with Gasteiger partial charge in [0.1, 0.15) is 10.0 Å². The molecule has 0 saturated carbocycles. The highest BCUT2D eigenvalue weighted by Gasteiger charge is 2.15. The van der Waals surface area contributed by atoms with Crippen LogP contribution >= 0.6 is 23.2 Å². The molecule has 0 fully saturated rings. The molecule has 0 spiro atoms. The van der Waals surface area contributed by atoms with Crippen LogP contribution in [0.15, 0.2) is 23.2 Å². The zero-order valence-electron chi connectivity index (χ0n) is 12.9. The summed E-state index contributed by atoms with van der Waals surface area (Å²) in [6.45, 7) is 3.67. The predicted octanol–water partition coefficient (Wildman–Crippen LogP) is 2.86. The Labute approximate surface area is 141 Å². The minimum atomic E-state index is -0.693. The van der Waals surface area contributed by atoms with Crippen molar-refractivity contribution >= 4 is 40.8 Å². The third kappa shape index (κ3) is 7.64. The monoisotopic (exact) mass is 347 g/mol. The molecule has 0 aromatic heterocycles. The van der Waals surface area contributed by atoms with E-state index < -0.39 is 5.97 Å². The van der Waals surface area contributed by atoms with E-state index in [2.05, 4.69) is 10.3 Å². The van der Waals surface area contributed by atoms with Crippen molar-refractivity contribution in [1.82, 2.24) is 5.32 Å². The summed E-state index contributed by atoms with van der Waals surface area (Å²) in [6.07, 6.45) is 2.08. The van der Waals surface area contributed by atoms with Gasteiger partial charge in [0.05, 0.1) is 6.54 Å². The van der Waals surface area contributed by atoms with E-state index in [0.29, 0.717) is 16.5 Å². The van der Waals surface area contributed by atoms with E-state index in [0.717, 1.165) is 37.6 Å². The van der Waals surface area contributed by atoms with Gasteiger partial charge in [-0.2, -0.15) is 0 Å². The van der Waals surface area contributed by atoms with Crippen LogP contribution in [0.5, 0.6) is 0 Å². The van der Waals surface area contributed by atoms with Gasteiger partial charge in [-0.05, 0) is 18.6 Å². The molecule has 1 aromatic rings. The lowest BCUT2D eigenvalue weighted by molar-refractivity contribution is -0.447. The molecule has 0 unspecified atom stereocenters. The van der Waals surface area contributed by atoms with Gasteiger partial charge in [0.15, 0.2) is 5.69 Å². The number of hydrogen-bond donors (Lipinski definition) is 3. The molecule has 0 amide bonds. The maximum Gasteiger partial charge on any atom is 0.303 e. The summed E-state index contributed by atoms with van der Waals surface area (Å²) < 4.78 is 0. The Hall–Kier alpha value is -1.30. The lowest BCUT2D eigenvalue weighted by Crippen LogP contribution is -2.85. The molecule has 1 heterocycles. The van der Waals surface area contributed by atoms with Crippen LogP contribution in [0.4, 0.5) is 5.69 Å². The van der Waals surface area contributed by atoms with Gasteiger partial charge in [0.25, 0.3) is 5.96 Å². The molecular weight excluding hydrogens is 325 g/mol. The van der Waals surface area contributed by atoms with Crippen molar-refractivity contribution in [3.05, 3.63) is 35.7 Å². The van der Waals surface area contributed by atoms with Crippen molar-refractivity contribution in [3.63, 3.8) is 0 Å². The highest BCUT2D eigenvalue weighted by molar-refractivity contribution is 6.38. The number of aliphatic imine (C=N–C) groups is 1. The van der Waals surface area contributed by atoms with Gasteiger partial charge in [-0.15, -0.1) is 0 Å². The Bertz CT molecular complexity index is 487. The molecule has 1 aliphatic heterocycles. The smallest absolute Gasteiger partial charge is 0.303 e. The fourth-order valence-corrected chi connectivity index (χ4v) is 2.13. The first kappa shape index (κ1) is 20.7. The number of halogens is 2. The van der Waals surface area contributed by atoms with Crippen LogP contribution in [0.2, 0.25) is 10.0 Å². The van der Waals surface area contributed by atoms with Crippen molar-refractivity contribution < 1.29 is 15.2 Å². The first-order valence-electron chi connectivity index (χ1n) is 6.83. The predicted molar refractivity (Wildman–Crippen MR) is 91.9 cm³/mol. The van der Waals surface area contributed by atoms with Crippen LogP contribution in [0.1, 0.15) is 26.2 Å². The summed E-state index contributed by atoms with van der Waals surface area (Å²) in [5.74, 6) is 0.154. The Morgan fingerprint density at radius 1 is 1.41 bits per heavy atom. The third-order valence-corrected chi connectivity index (χ3v) is 3.38. The van der Waals surface area contributed by atoms with Crippen LogP contribution in [-0.4, -0.2) is 30.1 Å². The molecular formula is C15H23Cl2N3O2. The maximum atomic E-state index is 9.76. The van der Waals surface area contributed by atoms with E-state index in [9.17, 15) is 4.79 Å². The van der Waals surface area contributed by atoms with Gasteiger partial charge in [-0.1, -0.05) is 42.6 Å². The summed E-state index contributed by atoms with van der Waals surface area (Å²) in [5.41, 5.74) is 0.823. The summed E-state index contributed by atoms with van der Waals surface area (Å²) >= 11 is 12.0. The van der Waals surface area contributed by atoms with Gasteiger partial charge >= 0.3 is 5.97 Å². The van der Waals surface area contributed by atoms with E-state index in [-0.39, 0.29) is 7.43 Å². The summed E-state index contributed by atoms with van der Waals surface area (Å²) in [5, 5.41) is 14.3. The van der Waals surface area contributed by atoms with Crippen LogP contribution in [0.25, 0.3) is 0 Å². The zero-order valence-corrected chi connectivity index (χ0v) is 14.4. The zero-order chi connectivity index (χ0) is 15.7. The lowest BCUT2D eigenvalue weighted by atomic mass is 10.3. The largest absolute Gasteiger partial charge is 0.481 e. The molecule has 22 heavy (non-hydrogen) atoms. The molecule has 2 rings (SSSR count). The van der Waals surface area contributed by atoms with Crippen LogP contribution in [-0.2, 0) is 4.79 Å². The number of carboxylic acid groups (broad SMARTS) is 1. The van der Waals surface area contributed by atoms with Gasteiger partial charge in [0, 0.05) is 13.0 Å².